The van der Waals surface area contributed by atoms with Crippen molar-refractivity contribution in [3.63, 3.8) is 0 Å². The number of hydrogen-bond acceptors (Lipinski definition) is 4. The van der Waals surface area contributed by atoms with E-state index in [2.05, 4.69) is 20.6 Å². The van der Waals surface area contributed by atoms with Crippen LogP contribution in [0.5, 0.6) is 0 Å². The van der Waals surface area contributed by atoms with Crippen molar-refractivity contribution in [1.29, 1.82) is 0 Å². The van der Waals surface area contributed by atoms with Crippen LogP contribution in [0.15, 0.2) is 30.6 Å². The molecule has 1 fully saturated rings. The summed E-state index contributed by atoms with van der Waals surface area (Å²) in [5.74, 6) is -0.0439. The zero-order chi connectivity index (χ0) is 18.5. The van der Waals surface area contributed by atoms with Crippen molar-refractivity contribution in [3.05, 3.63) is 52.6 Å². The Kier molecular flexibility index (Phi) is 5.68. The third-order valence-corrected chi connectivity index (χ3v) is 4.45. The Morgan fingerprint density at radius 1 is 1.19 bits per heavy atom. The summed E-state index contributed by atoms with van der Waals surface area (Å²) in [7, 11) is 0. The van der Waals surface area contributed by atoms with Crippen molar-refractivity contribution in [2.75, 3.05) is 18.4 Å². The Bertz CT molecular complexity index is 804. The molecule has 3 rings (SSSR count). The van der Waals surface area contributed by atoms with Gasteiger partial charge in [0.2, 0.25) is 0 Å². The number of rotatable bonds is 4. The van der Waals surface area contributed by atoms with E-state index in [1.165, 1.54) is 0 Å². The summed E-state index contributed by atoms with van der Waals surface area (Å²) in [4.78, 5) is 34.7. The lowest BCUT2D eigenvalue weighted by molar-refractivity contribution is 0.0793. The molecule has 136 valence electrons. The second-order valence-corrected chi connectivity index (χ2v) is 6.56. The van der Waals surface area contributed by atoms with E-state index in [0.717, 1.165) is 31.6 Å². The third-order valence-electron chi connectivity index (χ3n) is 4.12. The number of aryl methyl sites for hydroxylation is 1. The van der Waals surface area contributed by atoms with Crippen LogP contribution in [0.4, 0.5) is 10.5 Å². The van der Waals surface area contributed by atoms with Gasteiger partial charge in [0, 0.05) is 24.8 Å². The number of amides is 3. The lowest BCUT2D eigenvalue weighted by Gasteiger charge is -2.16. The number of urea groups is 1. The van der Waals surface area contributed by atoms with Crippen molar-refractivity contribution in [3.8, 4) is 0 Å². The third kappa shape index (κ3) is 4.49. The second-order valence-electron chi connectivity index (χ2n) is 6.15. The van der Waals surface area contributed by atoms with Crippen LogP contribution < -0.4 is 10.6 Å². The molecule has 2 aromatic rings. The van der Waals surface area contributed by atoms with Crippen LogP contribution in [0, 0.1) is 6.92 Å². The fraction of sp³-hybridized carbons (Fsp3) is 0.333. The van der Waals surface area contributed by atoms with Gasteiger partial charge in [-0.2, -0.15) is 0 Å². The maximum absolute atomic E-state index is 12.5. The number of aromatic nitrogens is 2. The number of halogens is 1. The Balaban J connectivity index is 1.62. The SMILES string of the molecule is Cc1cnc(CNC(=O)Nc2cc(C(=O)N3CCCC3)ccc2Cl)cn1. The lowest BCUT2D eigenvalue weighted by atomic mass is 10.1. The van der Waals surface area contributed by atoms with Gasteiger partial charge >= 0.3 is 6.03 Å². The maximum atomic E-state index is 12.5. The number of anilines is 1. The lowest BCUT2D eigenvalue weighted by Crippen LogP contribution is -2.29. The fourth-order valence-corrected chi connectivity index (χ4v) is 2.87. The van der Waals surface area contributed by atoms with Crippen LogP contribution >= 0.6 is 11.6 Å². The molecule has 0 radical (unpaired) electrons. The van der Waals surface area contributed by atoms with Gasteiger partial charge < -0.3 is 15.5 Å². The largest absolute Gasteiger partial charge is 0.339 e. The average Bonchev–Trinajstić information content (AvgIpc) is 3.17. The van der Waals surface area contributed by atoms with Crippen molar-refractivity contribution >= 4 is 29.2 Å². The molecule has 0 spiro atoms. The topological polar surface area (TPSA) is 87.2 Å². The van der Waals surface area contributed by atoms with Gasteiger partial charge in [-0.25, -0.2) is 4.79 Å². The highest BCUT2D eigenvalue weighted by molar-refractivity contribution is 6.33. The first-order chi connectivity index (χ1) is 12.5. The van der Waals surface area contributed by atoms with Crippen molar-refractivity contribution in [2.24, 2.45) is 0 Å². The highest BCUT2D eigenvalue weighted by atomic mass is 35.5. The molecule has 3 amide bonds. The Hall–Kier alpha value is -2.67. The predicted octanol–water partition coefficient (Wildman–Crippen LogP) is 3.00. The molecule has 1 saturated heterocycles. The molecule has 0 aliphatic carbocycles. The number of carbonyl (C=O) groups excluding carboxylic acids is 2. The first kappa shape index (κ1) is 18.1. The number of nitrogens with zero attached hydrogens (tertiary/aromatic N) is 3. The molecule has 2 heterocycles. The molecular formula is C18H20ClN5O2. The first-order valence-corrected chi connectivity index (χ1v) is 8.82. The molecule has 0 bridgehead atoms. The summed E-state index contributed by atoms with van der Waals surface area (Å²) in [6, 6.07) is 4.47. The van der Waals surface area contributed by atoms with Crippen LogP contribution in [0.3, 0.4) is 0 Å². The van der Waals surface area contributed by atoms with Gasteiger partial charge in [0.1, 0.15) is 0 Å². The second kappa shape index (κ2) is 8.14. The highest BCUT2D eigenvalue weighted by Crippen LogP contribution is 2.24. The first-order valence-electron chi connectivity index (χ1n) is 8.44. The predicted molar refractivity (Wildman–Crippen MR) is 99.2 cm³/mol. The van der Waals surface area contributed by atoms with Gasteiger partial charge in [-0.3, -0.25) is 14.8 Å². The molecule has 0 unspecified atom stereocenters. The van der Waals surface area contributed by atoms with E-state index in [0.29, 0.717) is 22.0 Å². The van der Waals surface area contributed by atoms with E-state index in [1.807, 2.05) is 11.8 Å². The van der Waals surface area contributed by atoms with Crippen LogP contribution in [0.25, 0.3) is 0 Å². The van der Waals surface area contributed by atoms with Crippen LogP contribution in [-0.2, 0) is 6.54 Å². The molecule has 1 aliphatic heterocycles. The fourth-order valence-electron chi connectivity index (χ4n) is 2.70. The summed E-state index contributed by atoms with van der Waals surface area (Å²) in [6.07, 6.45) is 5.29. The van der Waals surface area contributed by atoms with Crippen molar-refractivity contribution < 1.29 is 9.59 Å². The Morgan fingerprint density at radius 3 is 2.65 bits per heavy atom. The molecule has 1 aromatic heterocycles. The molecule has 26 heavy (non-hydrogen) atoms. The van der Waals surface area contributed by atoms with Gasteiger partial charge in [0.25, 0.3) is 5.91 Å². The maximum Gasteiger partial charge on any atom is 0.319 e. The highest BCUT2D eigenvalue weighted by Gasteiger charge is 2.20. The van der Waals surface area contributed by atoms with Gasteiger partial charge in [-0.1, -0.05) is 11.6 Å². The van der Waals surface area contributed by atoms with Crippen molar-refractivity contribution in [2.45, 2.75) is 26.3 Å². The van der Waals surface area contributed by atoms with Gasteiger partial charge in [-0.05, 0) is 38.0 Å². The Morgan fingerprint density at radius 2 is 1.96 bits per heavy atom. The smallest absolute Gasteiger partial charge is 0.319 e. The Labute approximate surface area is 156 Å². The van der Waals surface area contributed by atoms with E-state index in [-0.39, 0.29) is 12.5 Å². The molecule has 2 N–H and O–H groups in total. The summed E-state index contributed by atoms with van der Waals surface area (Å²) >= 11 is 6.15. The quantitative estimate of drug-likeness (QED) is 0.862. The minimum Gasteiger partial charge on any atom is -0.339 e. The van der Waals surface area contributed by atoms with Crippen molar-refractivity contribution in [1.82, 2.24) is 20.2 Å². The summed E-state index contributed by atoms with van der Waals surface area (Å²) in [5.41, 5.74) is 2.36. The zero-order valence-corrected chi connectivity index (χ0v) is 15.2. The van der Waals surface area contributed by atoms with E-state index in [9.17, 15) is 9.59 Å². The number of benzene rings is 1. The van der Waals surface area contributed by atoms with Crippen LogP contribution in [0.1, 0.15) is 34.6 Å². The summed E-state index contributed by atoms with van der Waals surface area (Å²) in [5, 5.41) is 5.74. The number of hydrogen-bond donors (Lipinski definition) is 2. The van der Waals surface area contributed by atoms with Gasteiger partial charge in [0.15, 0.2) is 0 Å². The van der Waals surface area contributed by atoms with E-state index in [1.54, 1.807) is 30.6 Å². The molecule has 1 aliphatic rings. The number of nitrogens with one attached hydrogen (secondary N) is 2. The molecule has 0 saturated carbocycles. The zero-order valence-electron chi connectivity index (χ0n) is 14.5. The normalized spacial score (nSPS) is 13.5. The monoisotopic (exact) mass is 373 g/mol. The average molecular weight is 374 g/mol. The minimum absolute atomic E-state index is 0.0439. The standard InChI is InChI=1S/C18H20ClN5O2/c1-12-9-21-14(10-20-12)11-22-18(26)23-16-8-13(4-5-15(16)19)17(25)24-6-2-3-7-24/h4-5,8-10H,2-3,6-7,11H2,1H3,(H2,22,23,26). The van der Waals surface area contributed by atoms with Crippen LogP contribution in [0.2, 0.25) is 5.02 Å². The number of carbonyl (C=O) groups is 2. The molecule has 0 atom stereocenters. The van der Waals surface area contributed by atoms with Gasteiger partial charge in [0.05, 0.1) is 34.8 Å². The molecule has 8 heteroatoms. The summed E-state index contributed by atoms with van der Waals surface area (Å²) < 4.78 is 0. The van der Waals surface area contributed by atoms with E-state index >= 15 is 0 Å². The summed E-state index contributed by atoms with van der Waals surface area (Å²) in [6.45, 7) is 3.61. The molecular weight excluding hydrogens is 354 g/mol. The molecule has 1 aromatic carbocycles. The number of likely N-dealkylation sites (tertiary alicyclic amines) is 1. The van der Waals surface area contributed by atoms with E-state index in [4.69, 9.17) is 11.6 Å². The van der Waals surface area contributed by atoms with E-state index < -0.39 is 6.03 Å². The minimum atomic E-state index is -0.431. The van der Waals surface area contributed by atoms with Crippen LogP contribution in [-0.4, -0.2) is 39.9 Å². The molecule has 7 nitrogen and oxygen atoms in total. The van der Waals surface area contributed by atoms with Gasteiger partial charge in [-0.15, -0.1) is 0 Å².